The number of aryl methyl sites for hydroxylation is 1. The summed E-state index contributed by atoms with van der Waals surface area (Å²) in [6.45, 7) is 0. The van der Waals surface area contributed by atoms with Crippen molar-refractivity contribution in [2.75, 3.05) is 0 Å². The van der Waals surface area contributed by atoms with Gasteiger partial charge >= 0.3 is 5.97 Å². The number of hydrogen-bond acceptors (Lipinski definition) is 4. The second kappa shape index (κ2) is 5.49. The number of aliphatic hydroxyl groups excluding tert-OH is 2. The normalized spacial score (nSPS) is 19.9. The first-order valence-electron chi connectivity index (χ1n) is 7.01. The van der Waals surface area contributed by atoms with Crippen LogP contribution >= 0.6 is 0 Å². The number of aliphatic hydroxyl groups is 2. The maximum Gasteiger partial charge on any atom is 0.352 e. The largest absolute Gasteiger partial charge is 0.477 e. The molecule has 2 aromatic rings. The van der Waals surface area contributed by atoms with Crippen molar-refractivity contribution < 1.29 is 24.9 Å². The molecule has 1 aromatic heterocycles. The molecule has 0 saturated carbocycles. The highest BCUT2D eigenvalue weighted by Crippen LogP contribution is 2.34. The Kier molecular flexibility index (Phi) is 3.63. The number of rotatable bonds is 3. The van der Waals surface area contributed by atoms with Gasteiger partial charge in [-0.05, 0) is 23.3 Å². The number of nitrogens with zero attached hydrogens (tertiary/aromatic N) is 1. The second-order valence-electron chi connectivity index (χ2n) is 5.46. The molecule has 1 aliphatic carbocycles. The highest BCUT2D eigenvalue weighted by Gasteiger charge is 2.30. The Morgan fingerprint density at radius 2 is 1.87 bits per heavy atom. The summed E-state index contributed by atoms with van der Waals surface area (Å²) in [7, 11) is 1.54. The van der Waals surface area contributed by atoms with Crippen LogP contribution in [0.4, 0.5) is 0 Å². The first-order valence-corrected chi connectivity index (χ1v) is 7.01. The van der Waals surface area contributed by atoms with Gasteiger partial charge in [0.1, 0.15) is 17.9 Å². The Hall–Kier alpha value is -2.70. The van der Waals surface area contributed by atoms with Crippen LogP contribution in [0.2, 0.25) is 0 Å². The quantitative estimate of drug-likeness (QED) is 0.744. The molecular weight excluding hydrogens is 298 g/mol. The van der Waals surface area contributed by atoms with Gasteiger partial charge in [-0.25, -0.2) is 4.79 Å². The number of carbonyl (C=O) groups excluding carboxylic acids is 1. The highest BCUT2D eigenvalue weighted by atomic mass is 16.4. The van der Waals surface area contributed by atoms with Crippen LogP contribution in [-0.2, 0) is 7.05 Å². The molecule has 1 heterocycles. The third-order valence-corrected chi connectivity index (χ3v) is 3.96. The molecule has 0 bridgehead atoms. The summed E-state index contributed by atoms with van der Waals surface area (Å²) in [6, 6.07) is 8.09. The van der Waals surface area contributed by atoms with E-state index in [9.17, 15) is 19.8 Å². The molecule has 3 rings (SSSR count). The van der Waals surface area contributed by atoms with Crippen LogP contribution in [0.5, 0.6) is 0 Å². The van der Waals surface area contributed by atoms with Crippen molar-refractivity contribution >= 4 is 17.3 Å². The van der Waals surface area contributed by atoms with E-state index in [0.717, 1.165) is 0 Å². The molecule has 0 spiro atoms. The van der Waals surface area contributed by atoms with Gasteiger partial charge in [-0.2, -0.15) is 0 Å². The molecule has 1 aromatic carbocycles. The lowest BCUT2D eigenvalue weighted by Crippen LogP contribution is -2.23. The Bertz CT molecular complexity index is 833. The van der Waals surface area contributed by atoms with Crippen molar-refractivity contribution in [3.8, 4) is 0 Å². The molecule has 1 aliphatic rings. The number of benzene rings is 1. The predicted octanol–water partition coefficient (Wildman–Crippen LogP) is 1.40. The highest BCUT2D eigenvalue weighted by molar-refractivity contribution is 6.29. The van der Waals surface area contributed by atoms with Gasteiger partial charge < -0.3 is 19.9 Å². The number of aromatic carboxylic acids is 1. The molecule has 2 atom stereocenters. The Labute approximate surface area is 131 Å². The van der Waals surface area contributed by atoms with E-state index < -0.39 is 24.0 Å². The van der Waals surface area contributed by atoms with Gasteiger partial charge in [0.15, 0.2) is 5.78 Å². The molecule has 6 heteroatoms. The third-order valence-electron chi connectivity index (χ3n) is 3.96. The number of carboxylic acids is 1. The molecule has 6 nitrogen and oxygen atoms in total. The molecule has 23 heavy (non-hydrogen) atoms. The standard InChI is InChI=1S/C17H15NO5/c1-18-8-9(6-13(18)17(22)23)15(20)12-7-14(19)16(21)11-5-3-2-4-10(11)12/h2-8,14,16,19,21H,1H3,(H,22,23). The van der Waals surface area contributed by atoms with Crippen LogP contribution in [-0.4, -0.2) is 37.7 Å². The zero-order valence-corrected chi connectivity index (χ0v) is 12.3. The molecular formula is C17H15NO5. The summed E-state index contributed by atoms with van der Waals surface area (Å²) in [6.07, 6.45) is 0.467. The number of Topliss-reactive ketones (excluding diaryl/α,β-unsaturated/α-hetero) is 1. The average molecular weight is 313 g/mol. The van der Waals surface area contributed by atoms with Crippen molar-refractivity contribution in [3.63, 3.8) is 0 Å². The molecule has 0 fully saturated rings. The van der Waals surface area contributed by atoms with Gasteiger partial charge in [-0.3, -0.25) is 4.79 Å². The Morgan fingerprint density at radius 3 is 2.52 bits per heavy atom. The van der Waals surface area contributed by atoms with Crippen molar-refractivity contribution in [3.05, 3.63) is 65.0 Å². The van der Waals surface area contributed by atoms with Crippen molar-refractivity contribution in [2.24, 2.45) is 7.05 Å². The summed E-state index contributed by atoms with van der Waals surface area (Å²) in [5.74, 6) is -1.52. The van der Waals surface area contributed by atoms with Gasteiger partial charge in [-0.1, -0.05) is 24.3 Å². The Morgan fingerprint density at radius 1 is 1.17 bits per heavy atom. The van der Waals surface area contributed by atoms with Gasteiger partial charge in [0.25, 0.3) is 0 Å². The molecule has 0 radical (unpaired) electrons. The first-order chi connectivity index (χ1) is 10.9. The van der Waals surface area contributed by atoms with Crippen LogP contribution in [0.1, 0.15) is 38.1 Å². The minimum Gasteiger partial charge on any atom is -0.477 e. The number of carbonyl (C=O) groups is 2. The van der Waals surface area contributed by atoms with Gasteiger partial charge in [0, 0.05) is 24.4 Å². The molecule has 3 N–H and O–H groups in total. The van der Waals surface area contributed by atoms with E-state index in [1.807, 2.05) is 0 Å². The topological polar surface area (TPSA) is 99.8 Å². The lowest BCUT2D eigenvalue weighted by Gasteiger charge is -2.25. The molecule has 118 valence electrons. The van der Waals surface area contributed by atoms with E-state index in [0.29, 0.717) is 11.1 Å². The van der Waals surface area contributed by atoms with E-state index in [-0.39, 0.29) is 16.8 Å². The van der Waals surface area contributed by atoms with Crippen molar-refractivity contribution in [1.82, 2.24) is 4.57 Å². The lowest BCUT2D eigenvalue weighted by atomic mass is 9.84. The number of allylic oxidation sites excluding steroid dienone is 1. The monoisotopic (exact) mass is 313 g/mol. The third kappa shape index (κ3) is 2.48. The zero-order valence-electron chi connectivity index (χ0n) is 12.3. The predicted molar refractivity (Wildman–Crippen MR) is 82.1 cm³/mol. The number of aromatic nitrogens is 1. The van der Waals surface area contributed by atoms with Gasteiger partial charge in [-0.15, -0.1) is 0 Å². The van der Waals surface area contributed by atoms with E-state index >= 15 is 0 Å². The molecule has 0 amide bonds. The SMILES string of the molecule is Cn1cc(C(=O)C2=CC(O)C(O)c3ccccc32)cc1C(=O)O. The summed E-state index contributed by atoms with van der Waals surface area (Å²) < 4.78 is 1.36. The number of carboxylic acid groups (broad SMARTS) is 1. The van der Waals surface area contributed by atoms with Crippen LogP contribution in [0.15, 0.2) is 42.6 Å². The minimum atomic E-state index is -1.19. The molecule has 0 saturated heterocycles. The number of ketones is 1. The van der Waals surface area contributed by atoms with Crippen molar-refractivity contribution in [1.29, 1.82) is 0 Å². The van der Waals surface area contributed by atoms with E-state index in [1.165, 1.54) is 22.9 Å². The van der Waals surface area contributed by atoms with E-state index in [1.54, 1.807) is 31.3 Å². The zero-order chi connectivity index (χ0) is 16.7. The fraction of sp³-hybridized carbons (Fsp3) is 0.176. The Balaban J connectivity index is 2.07. The first kappa shape index (κ1) is 15.2. The van der Waals surface area contributed by atoms with E-state index in [2.05, 4.69) is 0 Å². The van der Waals surface area contributed by atoms with Gasteiger partial charge in [0.2, 0.25) is 0 Å². The second-order valence-corrected chi connectivity index (χ2v) is 5.46. The van der Waals surface area contributed by atoms with Gasteiger partial charge in [0.05, 0.1) is 0 Å². The fourth-order valence-electron chi connectivity index (χ4n) is 2.79. The smallest absolute Gasteiger partial charge is 0.352 e. The van der Waals surface area contributed by atoms with Crippen LogP contribution in [0, 0.1) is 0 Å². The minimum absolute atomic E-state index is 0.00127. The van der Waals surface area contributed by atoms with Crippen LogP contribution in [0.25, 0.3) is 5.57 Å². The summed E-state index contributed by atoms with van der Waals surface area (Å²) >= 11 is 0. The van der Waals surface area contributed by atoms with Crippen LogP contribution < -0.4 is 0 Å². The maximum absolute atomic E-state index is 12.7. The summed E-state index contributed by atoms with van der Waals surface area (Å²) in [4.78, 5) is 23.8. The fourth-order valence-corrected chi connectivity index (χ4v) is 2.79. The molecule has 2 unspecified atom stereocenters. The summed E-state index contributed by atoms with van der Waals surface area (Å²) in [5.41, 5.74) is 1.48. The number of hydrogen-bond donors (Lipinski definition) is 3. The maximum atomic E-state index is 12.7. The molecule has 0 aliphatic heterocycles. The average Bonchev–Trinajstić information content (AvgIpc) is 2.92. The van der Waals surface area contributed by atoms with E-state index in [4.69, 9.17) is 5.11 Å². The summed E-state index contributed by atoms with van der Waals surface area (Å²) in [5, 5.41) is 29.1. The number of fused-ring (bicyclic) bond motifs is 1. The van der Waals surface area contributed by atoms with Crippen LogP contribution in [0.3, 0.4) is 0 Å². The van der Waals surface area contributed by atoms with Crippen molar-refractivity contribution in [2.45, 2.75) is 12.2 Å². The lowest BCUT2D eigenvalue weighted by molar-refractivity contribution is 0.0463.